The summed E-state index contributed by atoms with van der Waals surface area (Å²) in [5.74, 6) is 0. The third-order valence-corrected chi connectivity index (χ3v) is 3.96. The Labute approximate surface area is 128 Å². The Bertz CT molecular complexity index is 434. The second-order valence-electron chi connectivity index (χ2n) is 5.80. The van der Waals surface area contributed by atoms with Crippen LogP contribution in [0, 0.1) is 6.92 Å². The summed E-state index contributed by atoms with van der Waals surface area (Å²) in [4.78, 5) is 6.94. The number of ether oxygens (including phenoxy) is 1. The lowest BCUT2D eigenvalue weighted by atomic mass is 10.1. The molecule has 0 spiro atoms. The lowest BCUT2D eigenvalue weighted by molar-refractivity contribution is 0.0526. The van der Waals surface area contributed by atoms with Crippen LogP contribution in [0.15, 0.2) is 12.3 Å². The zero-order valence-corrected chi connectivity index (χ0v) is 13.7. The minimum Gasteiger partial charge on any atom is -0.377 e. The molecular weight excluding hydrogens is 262 g/mol. The molecule has 4 heteroatoms. The van der Waals surface area contributed by atoms with Gasteiger partial charge in [0.05, 0.1) is 6.10 Å². The highest BCUT2D eigenvalue weighted by molar-refractivity contribution is 5.54. The fraction of sp³-hybridized carbons (Fsp3) is 0.706. The molecule has 1 saturated heterocycles. The Morgan fingerprint density at radius 3 is 3.05 bits per heavy atom. The van der Waals surface area contributed by atoms with Gasteiger partial charge in [-0.25, -0.2) is 0 Å². The fourth-order valence-electron chi connectivity index (χ4n) is 2.93. The molecule has 1 aliphatic rings. The van der Waals surface area contributed by atoms with Crippen LogP contribution >= 0.6 is 0 Å². The second kappa shape index (κ2) is 8.35. The van der Waals surface area contributed by atoms with Gasteiger partial charge in [0.2, 0.25) is 0 Å². The topological polar surface area (TPSA) is 37.4 Å². The van der Waals surface area contributed by atoms with Gasteiger partial charge in [0.1, 0.15) is 0 Å². The number of aromatic nitrogens is 1. The van der Waals surface area contributed by atoms with E-state index >= 15 is 0 Å². The predicted octanol–water partition coefficient (Wildman–Crippen LogP) is 2.89. The number of pyridine rings is 1. The van der Waals surface area contributed by atoms with Crippen molar-refractivity contribution >= 4 is 5.69 Å². The number of aryl methyl sites for hydroxylation is 1. The first kappa shape index (κ1) is 16.2. The van der Waals surface area contributed by atoms with Gasteiger partial charge >= 0.3 is 0 Å². The normalized spacial score (nSPS) is 19.0. The van der Waals surface area contributed by atoms with Crippen molar-refractivity contribution in [2.75, 3.05) is 31.1 Å². The maximum atomic E-state index is 5.83. The van der Waals surface area contributed by atoms with Crippen LogP contribution in [0.2, 0.25) is 0 Å². The molecule has 2 heterocycles. The molecule has 0 aromatic carbocycles. The molecule has 4 nitrogen and oxygen atoms in total. The highest BCUT2D eigenvalue weighted by atomic mass is 16.5. The van der Waals surface area contributed by atoms with E-state index in [1.54, 1.807) is 0 Å². The van der Waals surface area contributed by atoms with E-state index in [1.807, 2.05) is 6.20 Å². The van der Waals surface area contributed by atoms with Crippen molar-refractivity contribution in [1.29, 1.82) is 0 Å². The molecule has 1 fully saturated rings. The average molecular weight is 291 g/mol. The molecule has 118 valence electrons. The monoisotopic (exact) mass is 291 g/mol. The molecule has 21 heavy (non-hydrogen) atoms. The van der Waals surface area contributed by atoms with Crippen molar-refractivity contribution in [3.8, 4) is 0 Å². The SMILES string of the molecule is CCCNCc1cnc(C)cc1N1CCCC(OCC)C1. The van der Waals surface area contributed by atoms with Crippen molar-refractivity contribution < 1.29 is 4.74 Å². The summed E-state index contributed by atoms with van der Waals surface area (Å²) >= 11 is 0. The number of rotatable bonds is 7. The molecule has 0 amide bonds. The van der Waals surface area contributed by atoms with Crippen molar-refractivity contribution in [3.05, 3.63) is 23.5 Å². The smallest absolute Gasteiger partial charge is 0.0750 e. The van der Waals surface area contributed by atoms with E-state index in [9.17, 15) is 0 Å². The lowest BCUT2D eigenvalue weighted by Crippen LogP contribution is -2.40. The molecule has 0 aliphatic carbocycles. The van der Waals surface area contributed by atoms with Crippen LogP contribution in [-0.4, -0.2) is 37.3 Å². The Morgan fingerprint density at radius 1 is 1.43 bits per heavy atom. The number of nitrogens with zero attached hydrogens (tertiary/aromatic N) is 2. The number of nitrogens with one attached hydrogen (secondary N) is 1. The third kappa shape index (κ3) is 4.68. The summed E-state index contributed by atoms with van der Waals surface area (Å²) in [6.07, 6.45) is 5.93. The maximum Gasteiger partial charge on any atom is 0.0750 e. The van der Waals surface area contributed by atoms with Crippen molar-refractivity contribution in [2.24, 2.45) is 0 Å². The minimum atomic E-state index is 0.369. The Morgan fingerprint density at radius 2 is 2.29 bits per heavy atom. The van der Waals surface area contributed by atoms with Crippen LogP contribution in [0.25, 0.3) is 0 Å². The van der Waals surface area contributed by atoms with E-state index in [2.05, 4.69) is 42.0 Å². The van der Waals surface area contributed by atoms with Gasteiger partial charge in [0.25, 0.3) is 0 Å². The summed E-state index contributed by atoms with van der Waals surface area (Å²) in [5.41, 5.74) is 3.71. The average Bonchev–Trinajstić information content (AvgIpc) is 2.49. The van der Waals surface area contributed by atoms with E-state index in [0.717, 1.165) is 44.9 Å². The van der Waals surface area contributed by atoms with Crippen LogP contribution in [0.4, 0.5) is 5.69 Å². The molecule has 1 aliphatic heterocycles. The van der Waals surface area contributed by atoms with Gasteiger partial charge in [-0.3, -0.25) is 4.98 Å². The highest BCUT2D eigenvalue weighted by Gasteiger charge is 2.22. The van der Waals surface area contributed by atoms with Crippen molar-refractivity contribution in [1.82, 2.24) is 10.3 Å². The van der Waals surface area contributed by atoms with Crippen molar-refractivity contribution in [3.63, 3.8) is 0 Å². The zero-order chi connectivity index (χ0) is 15.1. The Kier molecular flexibility index (Phi) is 6.46. The molecule has 1 N–H and O–H groups in total. The summed E-state index contributed by atoms with van der Waals surface area (Å²) in [7, 11) is 0. The first-order valence-electron chi connectivity index (χ1n) is 8.27. The summed E-state index contributed by atoms with van der Waals surface area (Å²) in [6, 6.07) is 2.22. The molecule has 0 radical (unpaired) electrons. The number of hydrogen-bond acceptors (Lipinski definition) is 4. The number of piperidine rings is 1. The number of hydrogen-bond donors (Lipinski definition) is 1. The molecular formula is C17H29N3O. The fourth-order valence-corrected chi connectivity index (χ4v) is 2.93. The van der Waals surface area contributed by atoms with Crippen LogP contribution in [-0.2, 0) is 11.3 Å². The van der Waals surface area contributed by atoms with Gasteiger partial charge in [-0.05, 0) is 45.7 Å². The lowest BCUT2D eigenvalue weighted by Gasteiger charge is -2.35. The first-order valence-corrected chi connectivity index (χ1v) is 8.27. The van der Waals surface area contributed by atoms with Crippen LogP contribution in [0.1, 0.15) is 44.4 Å². The van der Waals surface area contributed by atoms with E-state index in [-0.39, 0.29) is 0 Å². The second-order valence-corrected chi connectivity index (χ2v) is 5.80. The quantitative estimate of drug-likeness (QED) is 0.784. The van der Waals surface area contributed by atoms with Gasteiger partial charge in [0.15, 0.2) is 0 Å². The van der Waals surface area contributed by atoms with Crippen molar-refractivity contribution in [2.45, 2.75) is 52.7 Å². The van der Waals surface area contributed by atoms with E-state index in [0.29, 0.717) is 6.10 Å². The summed E-state index contributed by atoms with van der Waals surface area (Å²) in [6.45, 7) is 11.2. The molecule has 2 rings (SSSR count). The molecule has 0 bridgehead atoms. The van der Waals surface area contributed by atoms with Gasteiger partial charge < -0.3 is 15.0 Å². The van der Waals surface area contributed by atoms with Crippen LogP contribution in [0.5, 0.6) is 0 Å². The largest absolute Gasteiger partial charge is 0.377 e. The maximum absolute atomic E-state index is 5.83. The molecule has 1 atom stereocenters. The van der Waals surface area contributed by atoms with Crippen LogP contribution in [0.3, 0.4) is 0 Å². The molecule has 1 unspecified atom stereocenters. The summed E-state index contributed by atoms with van der Waals surface area (Å²) in [5, 5.41) is 3.49. The van der Waals surface area contributed by atoms with Gasteiger partial charge in [0, 0.05) is 49.4 Å². The molecule has 1 aromatic heterocycles. The first-order chi connectivity index (χ1) is 10.2. The van der Waals surface area contributed by atoms with Gasteiger partial charge in [-0.2, -0.15) is 0 Å². The Hall–Kier alpha value is -1.13. The van der Waals surface area contributed by atoms with E-state index in [4.69, 9.17) is 4.74 Å². The van der Waals surface area contributed by atoms with Gasteiger partial charge in [-0.1, -0.05) is 6.92 Å². The standard InChI is InChI=1S/C17H29N3O/c1-4-8-18-11-15-12-19-14(3)10-17(15)20-9-6-7-16(13-20)21-5-2/h10,12,16,18H,4-9,11,13H2,1-3H3. The predicted molar refractivity (Wildman–Crippen MR) is 87.8 cm³/mol. The van der Waals surface area contributed by atoms with E-state index in [1.165, 1.54) is 24.1 Å². The highest BCUT2D eigenvalue weighted by Crippen LogP contribution is 2.25. The molecule has 0 saturated carbocycles. The third-order valence-electron chi connectivity index (χ3n) is 3.96. The number of anilines is 1. The zero-order valence-electron chi connectivity index (χ0n) is 13.7. The van der Waals surface area contributed by atoms with Crippen LogP contribution < -0.4 is 10.2 Å². The van der Waals surface area contributed by atoms with Gasteiger partial charge in [-0.15, -0.1) is 0 Å². The van der Waals surface area contributed by atoms with E-state index < -0.39 is 0 Å². The molecule has 1 aromatic rings. The Balaban J connectivity index is 2.10. The summed E-state index contributed by atoms with van der Waals surface area (Å²) < 4.78 is 5.83. The minimum absolute atomic E-state index is 0.369.